The Morgan fingerprint density at radius 2 is 0.375 bits per heavy atom. The van der Waals surface area contributed by atoms with Gasteiger partial charge in [0.05, 0.1) is 0 Å². The highest BCUT2D eigenvalue weighted by Crippen LogP contribution is 0.715. The standard InChI is InChI=1S/3H2O2.2H2O/c3*1-2;;/h3*1-2H;2*1H2. The summed E-state index contributed by atoms with van der Waals surface area (Å²) in [6.07, 6.45) is 0. The Kier molecular flexibility index (Phi) is 12600. The van der Waals surface area contributed by atoms with E-state index in [-0.39, 0.29) is 11.0 Å². The molecule has 8 heteroatoms. The van der Waals surface area contributed by atoms with Crippen LogP contribution in [0.3, 0.4) is 0 Å². The Hall–Kier alpha value is -0.320. The Morgan fingerprint density at radius 3 is 0.375 bits per heavy atom. The second kappa shape index (κ2) is 2100. The molecule has 8 nitrogen and oxygen atoms in total. The molecule has 0 aromatic heterocycles. The first-order valence-electron chi connectivity index (χ1n) is 0.600. The van der Waals surface area contributed by atoms with Gasteiger partial charge in [-0.15, -0.1) is 0 Å². The van der Waals surface area contributed by atoms with Gasteiger partial charge in [-0.1, -0.05) is 0 Å². The molecule has 0 amide bonds. The molecule has 0 aromatic rings. The van der Waals surface area contributed by atoms with Crippen LogP contribution in [0.1, 0.15) is 0 Å². The summed E-state index contributed by atoms with van der Waals surface area (Å²) >= 11 is 0. The summed E-state index contributed by atoms with van der Waals surface area (Å²) in [6, 6.07) is 0. The molecule has 58 valence electrons. The maximum atomic E-state index is 6.00. The summed E-state index contributed by atoms with van der Waals surface area (Å²) in [6.45, 7) is 0. The molecule has 0 fully saturated rings. The molecule has 0 rings (SSSR count). The molecule has 0 bridgehead atoms. The smallest absolute Gasteiger partial charge is 0.255 e. The number of rotatable bonds is 0. The fourth-order valence-electron chi connectivity index (χ4n) is 0. The lowest BCUT2D eigenvalue weighted by Crippen LogP contribution is -1.29. The van der Waals surface area contributed by atoms with Crippen LogP contribution < -0.4 is 0 Å². The Labute approximate surface area is 43.9 Å². The highest BCUT2D eigenvalue weighted by molar-refractivity contribution is 1.83. The van der Waals surface area contributed by atoms with Gasteiger partial charge in [-0.3, -0.25) is 31.5 Å². The van der Waals surface area contributed by atoms with Gasteiger partial charge in [0.2, 0.25) is 0 Å². The van der Waals surface area contributed by atoms with E-state index >= 15 is 0 Å². The summed E-state index contributed by atoms with van der Waals surface area (Å²) in [5.74, 6) is 0. The largest absolute Gasteiger partial charge is 0.412 e. The molecule has 0 saturated carbocycles. The van der Waals surface area contributed by atoms with Crippen LogP contribution in [0.5, 0.6) is 0 Å². The Bertz CT molecular complexity index is 0. The maximum absolute atomic E-state index is 6.00. The SMILES string of the molecule is O.O.OO.OO.OO. The van der Waals surface area contributed by atoms with Crippen LogP contribution in [-0.4, -0.2) is 42.5 Å². The van der Waals surface area contributed by atoms with Crippen molar-refractivity contribution in [2.75, 3.05) is 0 Å². The first-order chi connectivity index (χ1) is 3.00. The van der Waals surface area contributed by atoms with Crippen molar-refractivity contribution in [1.29, 1.82) is 0 Å². The van der Waals surface area contributed by atoms with Gasteiger partial charge in [0.1, 0.15) is 0 Å². The van der Waals surface area contributed by atoms with Gasteiger partial charge in [-0.25, -0.2) is 0 Å². The first-order valence-corrected chi connectivity index (χ1v) is 0.600. The molecule has 8 heavy (non-hydrogen) atoms. The zero-order valence-electron chi connectivity index (χ0n) is 3.68. The van der Waals surface area contributed by atoms with Crippen LogP contribution in [0, 0.1) is 0 Å². The van der Waals surface area contributed by atoms with Gasteiger partial charge in [-0.05, 0) is 0 Å². The monoisotopic (exact) mass is 138 g/mol. The van der Waals surface area contributed by atoms with E-state index in [4.69, 9.17) is 31.5 Å². The lowest BCUT2D eigenvalue weighted by atomic mass is 15.0. The third-order valence-corrected chi connectivity index (χ3v) is 0. The molecule has 0 spiro atoms. The zero-order valence-corrected chi connectivity index (χ0v) is 3.68. The van der Waals surface area contributed by atoms with Crippen LogP contribution in [0.4, 0.5) is 0 Å². The normalized spacial score (nSPS) is 2.25. The molecule has 0 heterocycles. The minimum Gasteiger partial charge on any atom is -0.412 e. The molecular formula is H10O8. The minimum atomic E-state index is 0. The second-order valence-corrected chi connectivity index (χ2v) is 0. The molecule has 0 saturated heterocycles. The van der Waals surface area contributed by atoms with Crippen LogP contribution in [0.2, 0.25) is 0 Å². The van der Waals surface area contributed by atoms with Crippen molar-refractivity contribution in [1.82, 2.24) is 0 Å². The molecule has 0 atom stereocenters. The maximum Gasteiger partial charge on any atom is -0.255 e. The predicted octanol–water partition coefficient (Wildman–Crippen LogP) is -1.60. The molecule has 0 aliphatic carbocycles. The summed E-state index contributed by atoms with van der Waals surface area (Å²) in [7, 11) is 0. The van der Waals surface area contributed by atoms with E-state index in [1.54, 1.807) is 0 Å². The van der Waals surface area contributed by atoms with Gasteiger partial charge in [0.25, 0.3) is 0 Å². The second-order valence-electron chi connectivity index (χ2n) is 0. The third kappa shape index (κ3) is 1210. The van der Waals surface area contributed by atoms with E-state index in [1.165, 1.54) is 0 Å². The van der Waals surface area contributed by atoms with Crippen molar-refractivity contribution in [2.24, 2.45) is 0 Å². The van der Waals surface area contributed by atoms with Crippen LogP contribution in [0.25, 0.3) is 0 Å². The van der Waals surface area contributed by atoms with Crippen molar-refractivity contribution >= 4 is 0 Å². The van der Waals surface area contributed by atoms with Gasteiger partial charge < -0.3 is 11.0 Å². The summed E-state index contributed by atoms with van der Waals surface area (Å²) in [5.41, 5.74) is 0. The van der Waals surface area contributed by atoms with Gasteiger partial charge in [0.15, 0.2) is 0 Å². The Morgan fingerprint density at radius 1 is 0.375 bits per heavy atom. The summed E-state index contributed by atoms with van der Waals surface area (Å²) in [5, 5.41) is 36.0. The average molecular weight is 138 g/mol. The van der Waals surface area contributed by atoms with Crippen molar-refractivity contribution < 1.29 is 42.5 Å². The number of hydrogen-bond acceptors (Lipinski definition) is 6. The molecule has 0 aromatic carbocycles. The van der Waals surface area contributed by atoms with Crippen molar-refractivity contribution in [3.8, 4) is 0 Å². The lowest BCUT2D eigenvalue weighted by molar-refractivity contribution is -0.176. The topological polar surface area (TPSA) is 184 Å². The molecule has 0 radical (unpaired) electrons. The number of hydrogen-bond donors (Lipinski definition) is 6. The van der Waals surface area contributed by atoms with E-state index in [0.717, 1.165) is 0 Å². The molecule has 0 unspecified atom stereocenters. The van der Waals surface area contributed by atoms with E-state index in [0.29, 0.717) is 0 Å². The van der Waals surface area contributed by atoms with Crippen LogP contribution in [0.15, 0.2) is 0 Å². The van der Waals surface area contributed by atoms with Crippen molar-refractivity contribution in [2.45, 2.75) is 0 Å². The highest BCUT2D eigenvalue weighted by Gasteiger charge is 0.749. The van der Waals surface area contributed by atoms with E-state index < -0.39 is 0 Å². The average Bonchev–Trinajstić information content (AvgIpc) is 1.81. The van der Waals surface area contributed by atoms with Crippen LogP contribution >= 0.6 is 0 Å². The van der Waals surface area contributed by atoms with E-state index in [9.17, 15) is 0 Å². The Balaban J connectivity index is -0.00000000500. The third-order valence-electron chi connectivity index (χ3n) is 0. The highest BCUT2D eigenvalue weighted by atomic mass is 17.0. The van der Waals surface area contributed by atoms with Gasteiger partial charge in [-0.2, -0.15) is 0 Å². The fraction of sp³-hybridized carbons (Fsp3) is 0. The van der Waals surface area contributed by atoms with Crippen molar-refractivity contribution in [3.63, 3.8) is 0 Å². The molecule has 10 N–H and O–H groups in total. The quantitative estimate of drug-likeness (QED) is 0.173. The van der Waals surface area contributed by atoms with Gasteiger partial charge in [0, 0.05) is 0 Å². The van der Waals surface area contributed by atoms with Gasteiger partial charge >= 0.3 is 0 Å². The minimum absolute atomic E-state index is 0. The lowest BCUT2D eigenvalue weighted by Gasteiger charge is -1.25. The fourth-order valence-corrected chi connectivity index (χ4v) is 0. The van der Waals surface area contributed by atoms with Crippen molar-refractivity contribution in [3.05, 3.63) is 0 Å². The van der Waals surface area contributed by atoms with E-state index in [2.05, 4.69) is 0 Å². The summed E-state index contributed by atoms with van der Waals surface area (Å²) < 4.78 is 0. The van der Waals surface area contributed by atoms with E-state index in [1.807, 2.05) is 0 Å². The zero-order chi connectivity index (χ0) is 6.00. The summed E-state index contributed by atoms with van der Waals surface area (Å²) in [4.78, 5) is 0. The molecular weight excluding hydrogens is 128 g/mol. The molecule has 0 aliphatic rings. The predicted molar refractivity (Wildman–Crippen MR) is 23.0 cm³/mol. The first kappa shape index (κ1) is 47.7. The van der Waals surface area contributed by atoms with Crippen LogP contribution in [-0.2, 0) is 0 Å². The molecule has 0 aliphatic heterocycles.